The molecule has 0 aliphatic rings. The minimum Gasteiger partial charge on any atom is -0.344 e. The number of hydrogen-bond acceptors (Lipinski definition) is 2. The summed E-state index contributed by atoms with van der Waals surface area (Å²) in [6.45, 7) is 6.41. The summed E-state index contributed by atoms with van der Waals surface area (Å²) in [6, 6.07) is 5.87. The Kier molecular flexibility index (Phi) is 4.05. The number of rotatable bonds is 4. The lowest BCUT2D eigenvalue weighted by atomic mass is 10.1. The first-order valence-electron chi connectivity index (χ1n) is 6.24. The summed E-state index contributed by atoms with van der Waals surface area (Å²) in [5.74, 6) is -0.0178. The molecule has 0 aliphatic heterocycles. The Labute approximate surface area is 118 Å². The molecule has 0 fully saturated rings. The molecule has 0 bridgehead atoms. The number of nitrogens with zero attached hydrogens (tertiary/aromatic N) is 2. The lowest BCUT2D eigenvalue weighted by Crippen LogP contribution is -2.12. The van der Waals surface area contributed by atoms with Crippen LogP contribution in [0.4, 0.5) is 0 Å². The van der Waals surface area contributed by atoms with E-state index in [2.05, 4.69) is 9.55 Å². The molecular formula is C15H17ClN2O. The van der Waals surface area contributed by atoms with Crippen LogP contribution in [0.1, 0.15) is 34.2 Å². The molecule has 2 rings (SSSR count). The lowest BCUT2D eigenvalue weighted by molar-refractivity contribution is 0.0991. The molecule has 1 unspecified atom stereocenters. The first-order valence-corrected chi connectivity index (χ1v) is 6.68. The SMILES string of the molecule is Cc1cc(C(=O)C(C)Cl)c(C)n1Cc1ccncc1. The summed E-state index contributed by atoms with van der Waals surface area (Å²) in [5, 5.41) is -0.491. The number of Topliss-reactive ketones (excluding diaryl/α,β-unsaturated/α-hetero) is 1. The Morgan fingerprint density at radius 3 is 2.58 bits per heavy atom. The molecule has 0 aromatic carbocycles. The van der Waals surface area contributed by atoms with Gasteiger partial charge in [-0.05, 0) is 44.5 Å². The predicted octanol–water partition coefficient (Wildman–Crippen LogP) is 3.36. The van der Waals surface area contributed by atoms with Crippen LogP contribution in [-0.2, 0) is 6.54 Å². The molecule has 100 valence electrons. The van der Waals surface area contributed by atoms with Gasteiger partial charge in [-0.1, -0.05) is 0 Å². The zero-order valence-electron chi connectivity index (χ0n) is 11.4. The van der Waals surface area contributed by atoms with Crippen LogP contribution in [0.25, 0.3) is 0 Å². The fraction of sp³-hybridized carbons (Fsp3) is 0.333. The van der Waals surface area contributed by atoms with Crippen LogP contribution >= 0.6 is 11.6 Å². The molecule has 0 saturated carbocycles. The third kappa shape index (κ3) is 2.87. The molecule has 0 aliphatic carbocycles. The highest BCUT2D eigenvalue weighted by molar-refractivity contribution is 6.33. The third-order valence-electron chi connectivity index (χ3n) is 3.29. The predicted molar refractivity (Wildman–Crippen MR) is 76.9 cm³/mol. The standard InChI is InChI=1S/C15H17ClN2O/c1-10-8-14(15(19)11(2)16)12(3)18(10)9-13-4-6-17-7-5-13/h4-8,11H,9H2,1-3H3. The van der Waals surface area contributed by atoms with E-state index in [1.807, 2.05) is 32.0 Å². The van der Waals surface area contributed by atoms with Crippen molar-refractivity contribution in [2.75, 3.05) is 0 Å². The minimum absolute atomic E-state index is 0.0178. The molecular weight excluding hydrogens is 260 g/mol. The summed E-state index contributed by atoms with van der Waals surface area (Å²) >= 11 is 5.89. The molecule has 19 heavy (non-hydrogen) atoms. The summed E-state index contributed by atoms with van der Waals surface area (Å²) < 4.78 is 2.13. The highest BCUT2D eigenvalue weighted by atomic mass is 35.5. The average molecular weight is 277 g/mol. The van der Waals surface area contributed by atoms with E-state index in [4.69, 9.17) is 11.6 Å². The first kappa shape index (κ1) is 13.8. The van der Waals surface area contributed by atoms with Gasteiger partial charge in [0.05, 0.1) is 5.38 Å². The number of aromatic nitrogens is 2. The second-order valence-corrected chi connectivity index (χ2v) is 5.36. The molecule has 0 radical (unpaired) electrons. The summed E-state index contributed by atoms with van der Waals surface area (Å²) in [5.41, 5.74) is 3.91. The van der Waals surface area contributed by atoms with E-state index in [9.17, 15) is 4.79 Å². The Balaban J connectivity index is 2.35. The van der Waals surface area contributed by atoms with Gasteiger partial charge in [0.15, 0.2) is 5.78 Å². The normalized spacial score (nSPS) is 12.4. The molecule has 1 atom stereocenters. The molecule has 3 nitrogen and oxygen atoms in total. The third-order valence-corrected chi connectivity index (χ3v) is 3.49. The van der Waals surface area contributed by atoms with E-state index in [1.54, 1.807) is 19.3 Å². The number of pyridine rings is 1. The summed E-state index contributed by atoms with van der Waals surface area (Å²) in [7, 11) is 0. The lowest BCUT2D eigenvalue weighted by Gasteiger charge is -2.10. The van der Waals surface area contributed by atoms with Gasteiger partial charge < -0.3 is 4.57 Å². The Morgan fingerprint density at radius 1 is 1.37 bits per heavy atom. The average Bonchev–Trinajstić information content (AvgIpc) is 2.67. The van der Waals surface area contributed by atoms with Crippen molar-refractivity contribution in [1.29, 1.82) is 0 Å². The second kappa shape index (κ2) is 5.57. The van der Waals surface area contributed by atoms with Crippen molar-refractivity contribution in [1.82, 2.24) is 9.55 Å². The molecule has 2 aromatic heterocycles. The quantitative estimate of drug-likeness (QED) is 0.634. The maximum Gasteiger partial charge on any atom is 0.182 e. The van der Waals surface area contributed by atoms with Gasteiger partial charge in [0.2, 0.25) is 0 Å². The Hall–Kier alpha value is -1.61. The minimum atomic E-state index is -0.491. The van der Waals surface area contributed by atoms with Gasteiger partial charge in [-0.15, -0.1) is 11.6 Å². The van der Waals surface area contributed by atoms with Gasteiger partial charge in [0.1, 0.15) is 0 Å². The first-order chi connectivity index (χ1) is 9.00. The van der Waals surface area contributed by atoms with Gasteiger partial charge in [0.25, 0.3) is 0 Å². The van der Waals surface area contributed by atoms with Gasteiger partial charge in [-0.25, -0.2) is 0 Å². The van der Waals surface area contributed by atoms with E-state index in [-0.39, 0.29) is 5.78 Å². The van der Waals surface area contributed by atoms with Gasteiger partial charge in [-0.3, -0.25) is 9.78 Å². The van der Waals surface area contributed by atoms with Crippen molar-refractivity contribution in [2.24, 2.45) is 0 Å². The zero-order chi connectivity index (χ0) is 14.0. The van der Waals surface area contributed by atoms with Crippen LogP contribution in [0.15, 0.2) is 30.6 Å². The Morgan fingerprint density at radius 2 is 2.00 bits per heavy atom. The number of ketones is 1. The van der Waals surface area contributed by atoms with E-state index in [0.29, 0.717) is 5.56 Å². The summed E-state index contributed by atoms with van der Waals surface area (Å²) in [6.07, 6.45) is 3.55. The van der Waals surface area contributed by atoms with E-state index >= 15 is 0 Å². The van der Waals surface area contributed by atoms with Crippen molar-refractivity contribution in [2.45, 2.75) is 32.7 Å². The number of aryl methyl sites for hydroxylation is 1. The molecule has 2 heterocycles. The van der Waals surface area contributed by atoms with Crippen LogP contribution < -0.4 is 0 Å². The highest BCUT2D eigenvalue weighted by Gasteiger charge is 2.19. The van der Waals surface area contributed by atoms with Crippen LogP contribution in [0.5, 0.6) is 0 Å². The largest absolute Gasteiger partial charge is 0.344 e. The fourth-order valence-electron chi connectivity index (χ4n) is 2.18. The van der Waals surface area contributed by atoms with Gasteiger partial charge in [0, 0.05) is 35.9 Å². The molecule has 0 saturated heterocycles. The Bertz CT molecular complexity index is 588. The van der Waals surface area contributed by atoms with Crippen LogP contribution in [0, 0.1) is 13.8 Å². The monoisotopic (exact) mass is 276 g/mol. The highest BCUT2D eigenvalue weighted by Crippen LogP contribution is 2.19. The number of carbonyl (C=O) groups is 1. The van der Waals surface area contributed by atoms with Crippen molar-refractivity contribution < 1.29 is 4.79 Å². The van der Waals surface area contributed by atoms with Crippen LogP contribution in [0.3, 0.4) is 0 Å². The smallest absolute Gasteiger partial charge is 0.182 e. The second-order valence-electron chi connectivity index (χ2n) is 4.71. The van der Waals surface area contributed by atoms with Crippen molar-refractivity contribution in [3.63, 3.8) is 0 Å². The molecule has 0 spiro atoms. The number of hydrogen-bond donors (Lipinski definition) is 0. The van der Waals surface area contributed by atoms with Gasteiger partial charge in [-0.2, -0.15) is 0 Å². The van der Waals surface area contributed by atoms with Crippen molar-refractivity contribution in [3.05, 3.63) is 53.1 Å². The summed E-state index contributed by atoms with van der Waals surface area (Å²) in [4.78, 5) is 16.0. The van der Waals surface area contributed by atoms with Crippen molar-refractivity contribution in [3.8, 4) is 0 Å². The number of carbonyl (C=O) groups excluding carboxylic acids is 1. The molecule has 4 heteroatoms. The fourth-order valence-corrected chi connectivity index (χ4v) is 2.30. The van der Waals surface area contributed by atoms with Crippen LogP contribution in [0.2, 0.25) is 0 Å². The molecule has 0 amide bonds. The van der Waals surface area contributed by atoms with Crippen molar-refractivity contribution >= 4 is 17.4 Å². The zero-order valence-corrected chi connectivity index (χ0v) is 12.1. The maximum absolute atomic E-state index is 12.0. The number of halogens is 1. The molecule has 2 aromatic rings. The number of alkyl halides is 1. The van der Waals surface area contributed by atoms with E-state index in [0.717, 1.165) is 23.5 Å². The van der Waals surface area contributed by atoms with Crippen LogP contribution in [-0.4, -0.2) is 20.7 Å². The topological polar surface area (TPSA) is 34.9 Å². The van der Waals surface area contributed by atoms with E-state index in [1.165, 1.54) is 0 Å². The molecule has 0 N–H and O–H groups in total. The van der Waals surface area contributed by atoms with Gasteiger partial charge >= 0.3 is 0 Å². The van der Waals surface area contributed by atoms with E-state index < -0.39 is 5.38 Å². The maximum atomic E-state index is 12.0.